The van der Waals surface area contributed by atoms with Crippen molar-refractivity contribution in [1.82, 2.24) is 15.5 Å². The Kier molecular flexibility index (Phi) is 9.48. The van der Waals surface area contributed by atoms with Crippen molar-refractivity contribution >= 4 is 29.9 Å². The summed E-state index contributed by atoms with van der Waals surface area (Å²) in [6, 6.07) is 7.71. The molecule has 0 bridgehead atoms. The highest BCUT2D eigenvalue weighted by Crippen LogP contribution is 2.22. The maximum absolute atomic E-state index is 12.4. The minimum Gasteiger partial charge on any atom is -0.497 e. The van der Waals surface area contributed by atoms with E-state index in [1.807, 2.05) is 24.3 Å². The van der Waals surface area contributed by atoms with E-state index in [-0.39, 0.29) is 29.9 Å². The molecule has 1 aliphatic rings. The van der Waals surface area contributed by atoms with E-state index in [1.54, 1.807) is 14.2 Å². The zero-order chi connectivity index (χ0) is 18.3. The normalized spacial score (nSPS) is 18.3. The maximum Gasteiger partial charge on any atom is 0.401 e. The molecule has 2 rings (SSSR count). The first kappa shape index (κ1) is 22.8. The highest BCUT2D eigenvalue weighted by Gasteiger charge is 2.34. The third-order valence-corrected chi connectivity index (χ3v) is 4.17. The Labute approximate surface area is 169 Å². The number of halogens is 4. The molecule has 1 atom stereocenters. The Balaban J connectivity index is 0.00000338. The van der Waals surface area contributed by atoms with Crippen LogP contribution in [0, 0.1) is 5.92 Å². The van der Waals surface area contributed by atoms with Gasteiger partial charge >= 0.3 is 6.18 Å². The largest absolute Gasteiger partial charge is 0.497 e. The Hall–Kier alpha value is -1.23. The molecule has 1 saturated heterocycles. The summed E-state index contributed by atoms with van der Waals surface area (Å²) in [6.07, 6.45) is -3.36. The van der Waals surface area contributed by atoms with E-state index in [2.05, 4.69) is 15.6 Å². The van der Waals surface area contributed by atoms with Crippen LogP contribution in [0.4, 0.5) is 13.2 Å². The predicted octanol–water partition coefficient (Wildman–Crippen LogP) is 2.86. The van der Waals surface area contributed by atoms with Gasteiger partial charge < -0.3 is 15.4 Å². The minimum atomic E-state index is -4.13. The summed E-state index contributed by atoms with van der Waals surface area (Å²) in [5.41, 5.74) is 1.08. The van der Waals surface area contributed by atoms with Gasteiger partial charge in [0.1, 0.15) is 5.75 Å². The van der Waals surface area contributed by atoms with Gasteiger partial charge in [0.2, 0.25) is 0 Å². The van der Waals surface area contributed by atoms with Gasteiger partial charge in [-0.05, 0) is 36.6 Å². The quantitative estimate of drug-likeness (QED) is 0.369. The first-order chi connectivity index (χ1) is 11.9. The molecule has 1 fully saturated rings. The van der Waals surface area contributed by atoms with Crippen molar-refractivity contribution in [2.45, 2.75) is 19.1 Å². The van der Waals surface area contributed by atoms with Crippen LogP contribution in [0.3, 0.4) is 0 Å². The van der Waals surface area contributed by atoms with Gasteiger partial charge in [0.05, 0.1) is 13.7 Å². The molecule has 148 valence electrons. The molecule has 1 aromatic rings. The van der Waals surface area contributed by atoms with Crippen LogP contribution in [0.15, 0.2) is 29.3 Å². The Bertz CT molecular complexity index is 566. The van der Waals surface area contributed by atoms with Gasteiger partial charge in [-0.25, -0.2) is 0 Å². The number of aliphatic imine (C=N–C) groups is 1. The van der Waals surface area contributed by atoms with Crippen molar-refractivity contribution in [2.24, 2.45) is 10.9 Å². The van der Waals surface area contributed by atoms with Crippen LogP contribution in [0.2, 0.25) is 0 Å². The van der Waals surface area contributed by atoms with Gasteiger partial charge in [-0.1, -0.05) is 12.1 Å². The molecule has 0 aliphatic carbocycles. The minimum absolute atomic E-state index is 0. The lowest BCUT2D eigenvalue weighted by atomic mass is 10.1. The van der Waals surface area contributed by atoms with Gasteiger partial charge in [0.25, 0.3) is 0 Å². The van der Waals surface area contributed by atoms with Crippen LogP contribution in [-0.2, 0) is 6.54 Å². The fraction of sp³-hybridized carbons (Fsp3) is 0.588. The van der Waals surface area contributed by atoms with E-state index in [0.29, 0.717) is 32.1 Å². The lowest BCUT2D eigenvalue weighted by Gasteiger charge is -2.18. The molecule has 1 aromatic carbocycles. The third-order valence-electron chi connectivity index (χ3n) is 4.17. The molecule has 1 aliphatic heterocycles. The average molecular weight is 486 g/mol. The first-order valence-electron chi connectivity index (χ1n) is 8.26. The first-order valence-corrected chi connectivity index (χ1v) is 8.26. The smallest absolute Gasteiger partial charge is 0.401 e. The second-order valence-electron chi connectivity index (χ2n) is 6.16. The Morgan fingerprint density at radius 3 is 2.54 bits per heavy atom. The van der Waals surface area contributed by atoms with Crippen LogP contribution < -0.4 is 15.4 Å². The van der Waals surface area contributed by atoms with E-state index in [4.69, 9.17) is 4.74 Å². The highest BCUT2D eigenvalue weighted by molar-refractivity contribution is 14.0. The number of likely N-dealkylation sites (tertiary alicyclic amines) is 1. The number of ether oxygens (including phenoxy) is 1. The number of benzene rings is 1. The summed E-state index contributed by atoms with van der Waals surface area (Å²) < 4.78 is 42.4. The fourth-order valence-electron chi connectivity index (χ4n) is 2.87. The molecule has 0 amide bonds. The number of methoxy groups -OCH3 is 1. The van der Waals surface area contributed by atoms with E-state index in [1.165, 1.54) is 4.90 Å². The number of rotatable bonds is 6. The molecule has 9 heteroatoms. The summed E-state index contributed by atoms with van der Waals surface area (Å²) in [4.78, 5) is 5.61. The molecule has 1 unspecified atom stereocenters. The van der Waals surface area contributed by atoms with Gasteiger partial charge in [-0.2, -0.15) is 13.2 Å². The number of nitrogens with zero attached hydrogens (tertiary/aromatic N) is 2. The lowest BCUT2D eigenvalue weighted by Crippen LogP contribution is -2.40. The van der Waals surface area contributed by atoms with Gasteiger partial charge in [0.15, 0.2) is 5.96 Å². The van der Waals surface area contributed by atoms with Crippen LogP contribution in [0.5, 0.6) is 5.75 Å². The van der Waals surface area contributed by atoms with Crippen LogP contribution >= 0.6 is 24.0 Å². The number of hydrogen-bond acceptors (Lipinski definition) is 3. The van der Waals surface area contributed by atoms with Crippen molar-refractivity contribution in [2.75, 3.05) is 40.3 Å². The maximum atomic E-state index is 12.4. The fourth-order valence-corrected chi connectivity index (χ4v) is 2.87. The molecule has 26 heavy (non-hydrogen) atoms. The van der Waals surface area contributed by atoms with E-state index in [0.717, 1.165) is 17.7 Å². The molecule has 1 heterocycles. The molecule has 0 saturated carbocycles. The Morgan fingerprint density at radius 2 is 1.96 bits per heavy atom. The molecular formula is C17H26F3IN4O. The van der Waals surface area contributed by atoms with Crippen molar-refractivity contribution in [3.05, 3.63) is 29.8 Å². The summed E-state index contributed by atoms with van der Waals surface area (Å²) in [6.45, 7) is 1.34. The third kappa shape index (κ3) is 7.98. The highest BCUT2D eigenvalue weighted by atomic mass is 127. The molecular weight excluding hydrogens is 460 g/mol. The molecule has 0 radical (unpaired) electrons. The monoisotopic (exact) mass is 486 g/mol. The number of nitrogens with one attached hydrogen (secondary N) is 2. The average Bonchev–Trinajstić information content (AvgIpc) is 3.01. The lowest BCUT2D eigenvalue weighted by molar-refractivity contribution is -0.143. The van der Waals surface area contributed by atoms with E-state index < -0.39 is 12.7 Å². The molecule has 5 nitrogen and oxygen atoms in total. The van der Waals surface area contributed by atoms with Crippen molar-refractivity contribution < 1.29 is 17.9 Å². The van der Waals surface area contributed by atoms with Crippen molar-refractivity contribution in [3.63, 3.8) is 0 Å². The van der Waals surface area contributed by atoms with Crippen molar-refractivity contribution in [3.8, 4) is 5.75 Å². The zero-order valence-corrected chi connectivity index (χ0v) is 17.3. The van der Waals surface area contributed by atoms with Crippen LogP contribution in [0.25, 0.3) is 0 Å². The number of alkyl halides is 3. The van der Waals surface area contributed by atoms with E-state index in [9.17, 15) is 13.2 Å². The summed E-state index contributed by atoms with van der Waals surface area (Å²) in [5.74, 6) is 1.64. The number of hydrogen-bond donors (Lipinski definition) is 2. The van der Waals surface area contributed by atoms with E-state index >= 15 is 0 Å². The topological polar surface area (TPSA) is 48.9 Å². The standard InChI is InChI=1S/C17H25F3N4O.HI/c1-21-16(22-9-13-3-5-15(25-2)6-4-13)23-10-14-7-8-24(11-14)12-17(18,19)20;/h3-6,14H,7-12H2,1-2H3,(H2,21,22,23);1H. The Morgan fingerprint density at radius 1 is 1.27 bits per heavy atom. The van der Waals surface area contributed by atoms with Gasteiger partial charge in [-0.15, -0.1) is 24.0 Å². The zero-order valence-electron chi connectivity index (χ0n) is 15.0. The second-order valence-corrected chi connectivity index (χ2v) is 6.16. The SMILES string of the molecule is CN=C(NCc1ccc(OC)cc1)NCC1CCN(CC(F)(F)F)C1.I. The second kappa shape index (κ2) is 10.8. The van der Waals surface area contributed by atoms with Gasteiger partial charge in [-0.3, -0.25) is 9.89 Å². The molecule has 2 N–H and O–H groups in total. The van der Waals surface area contributed by atoms with Crippen LogP contribution in [0.1, 0.15) is 12.0 Å². The molecule has 0 spiro atoms. The summed E-state index contributed by atoms with van der Waals surface area (Å²) >= 11 is 0. The van der Waals surface area contributed by atoms with Gasteiger partial charge in [0, 0.05) is 26.7 Å². The van der Waals surface area contributed by atoms with Crippen LogP contribution in [-0.4, -0.2) is 57.4 Å². The molecule has 0 aromatic heterocycles. The predicted molar refractivity (Wildman–Crippen MR) is 107 cm³/mol. The summed E-state index contributed by atoms with van der Waals surface area (Å²) in [5, 5.41) is 6.39. The number of guanidine groups is 1. The summed E-state index contributed by atoms with van der Waals surface area (Å²) in [7, 11) is 3.30. The van der Waals surface area contributed by atoms with Crippen molar-refractivity contribution in [1.29, 1.82) is 0 Å².